The number of anilines is 3. The molecule has 2 rings (SSSR count). The highest BCUT2D eigenvalue weighted by molar-refractivity contribution is 7.14. The Morgan fingerprint density at radius 2 is 2.13 bits per heavy atom. The van der Waals surface area contributed by atoms with E-state index in [0.717, 1.165) is 30.1 Å². The molecule has 0 aliphatic carbocycles. The lowest BCUT2D eigenvalue weighted by Crippen LogP contribution is -2.21. The van der Waals surface area contributed by atoms with Gasteiger partial charge in [-0.05, 0) is 32.9 Å². The van der Waals surface area contributed by atoms with E-state index >= 15 is 0 Å². The van der Waals surface area contributed by atoms with E-state index in [1.165, 1.54) is 11.3 Å². The Labute approximate surface area is 141 Å². The van der Waals surface area contributed by atoms with Gasteiger partial charge in [-0.2, -0.15) is 5.10 Å². The van der Waals surface area contributed by atoms with Crippen LogP contribution >= 0.6 is 11.3 Å². The number of nitrogens with zero attached hydrogens (tertiary/aromatic N) is 3. The van der Waals surface area contributed by atoms with E-state index in [9.17, 15) is 0 Å². The van der Waals surface area contributed by atoms with Crippen molar-refractivity contribution < 1.29 is 4.74 Å². The predicted octanol–water partition coefficient (Wildman–Crippen LogP) is 3.42. The summed E-state index contributed by atoms with van der Waals surface area (Å²) >= 11 is 1.41. The fraction of sp³-hybridized carbons (Fsp3) is 0.375. The summed E-state index contributed by atoms with van der Waals surface area (Å²) in [5, 5.41) is 6.64. The molecule has 1 heterocycles. The summed E-state index contributed by atoms with van der Waals surface area (Å²) in [6, 6.07) is 6.15. The van der Waals surface area contributed by atoms with Crippen LogP contribution in [0.3, 0.4) is 0 Å². The number of rotatable bonds is 8. The molecule has 0 atom stereocenters. The second-order valence-electron chi connectivity index (χ2n) is 4.77. The number of hydrazone groups is 1. The zero-order valence-corrected chi connectivity index (χ0v) is 14.6. The molecule has 0 bridgehead atoms. The highest BCUT2D eigenvalue weighted by Crippen LogP contribution is 2.25. The summed E-state index contributed by atoms with van der Waals surface area (Å²) < 4.78 is 5.74. The number of nitrogens with two attached hydrogens (primary N) is 1. The van der Waals surface area contributed by atoms with Gasteiger partial charge in [0.25, 0.3) is 0 Å². The van der Waals surface area contributed by atoms with Gasteiger partial charge in [-0.1, -0.05) is 0 Å². The van der Waals surface area contributed by atoms with Gasteiger partial charge in [-0.3, -0.25) is 5.43 Å². The van der Waals surface area contributed by atoms with Crippen LogP contribution in [0.5, 0.6) is 5.75 Å². The smallest absolute Gasteiger partial charge is 0.205 e. The molecule has 1 aromatic heterocycles. The van der Waals surface area contributed by atoms with Crippen LogP contribution in [0.25, 0.3) is 0 Å². The van der Waals surface area contributed by atoms with E-state index in [2.05, 4.69) is 46.4 Å². The first kappa shape index (κ1) is 17.1. The van der Waals surface area contributed by atoms with Crippen LogP contribution in [0.15, 0.2) is 28.7 Å². The van der Waals surface area contributed by atoms with E-state index in [1.54, 1.807) is 11.6 Å². The van der Waals surface area contributed by atoms with Crippen LogP contribution in [-0.4, -0.2) is 30.9 Å². The molecule has 0 unspecified atom stereocenters. The molecule has 0 amide bonds. The van der Waals surface area contributed by atoms with Gasteiger partial charge in [0.15, 0.2) is 0 Å². The summed E-state index contributed by atoms with van der Waals surface area (Å²) in [5.41, 5.74) is 10.5. The second-order valence-corrected chi connectivity index (χ2v) is 5.63. The summed E-state index contributed by atoms with van der Waals surface area (Å²) in [6.07, 6.45) is 1.73. The molecular formula is C16H23N5OS. The number of nitrogens with one attached hydrogen (secondary N) is 1. The predicted molar refractivity (Wildman–Crippen MR) is 98.9 cm³/mol. The third-order valence-corrected chi connectivity index (χ3v) is 4.08. The lowest BCUT2D eigenvalue weighted by Gasteiger charge is -2.22. The molecule has 3 N–H and O–H groups in total. The molecule has 0 saturated heterocycles. The van der Waals surface area contributed by atoms with Crippen molar-refractivity contribution in [3.05, 3.63) is 29.1 Å². The van der Waals surface area contributed by atoms with Gasteiger partial charge in [-0.25, -0.2) is 4.98 Å². The first-order chi connectivity index (χ1) is 11.2. The van der Waals surface area contributed by atoms with Crippen LogP contribution in [0.4, 0.5) is 16.6 Å². The van der Waals surface area contributed by atoms with Gasteiger partial charge >= 0.3 is 0 Å². The van der Waals surface area contributed by atoms with E-state index in [0.29, 0.717) is 17.6 Å². The molecule has 0 saturated carbocycles. The Morgan fingerprint density at radius 1 is 1.35 bits per heavy atom. The SMILES string of the molecule is CCOc1cc(N(CC)CC)ccc1C=NNc1nc(N)cs1. The van der Waals surface area contributed by atoms with Gasteiger partial charge in [0.05, 0.1) is 12.8 Å². The van der Waals surface area contributed by atoms with Crippen LogP contribution in [0, 0.1) is 0 Å². The van der Waals surface area contributed by atoms with Gasteiger partial charge in [0.2, 0.25) is 5.13 Å². The summed E-state index contributed by atoms with van der Waals surface area (Å²) in [4.78, 5) is 6.37. The standard InChI is InChI=1S/C16H23N5OS/c1-4-21(5-2)13-8-7-12(14(9-13)22-6-3)10-18-20-16-19-15(17)11-23-16/h7-11H,4-6,17H2,1-3H3,(H,19,20). The van der Waals surface area contributed by atoms with E-state index in [4.69, 9.17) is 10.5 Å². The van der Waals surface area contributed by atoms with Gasteiger partial charge < -0.3 is 15.4 Å². The van der Waals surface area contributed by atoms with Crippen molar-refractivity contribution in [2.45, 2.75) is 20.8 Å². The maximum absolute atomic E-state index is 5.74. The summed E-state index contributed by atoms with van der Waals surface area (Å²) in [5.74, 6) is 1.31. The maximum Gasteiger partial charge on any atom is 0.205 e. The quantitative estimate of drug-likeness (QED) is 0.572. The highest BCUT2D eigenvalue weighted by Gasteiger charge is 2.07. The molecule has 23 heavy (non-hydrogen) atoms. The first-order valence-electron chi connectivity index (χ1n) is 7.69. The number of aromatic nitrogens is 1. The van der Waals surface area contributed by atoms with Crippen LogP contribution in [-0.2, 0) is 0 Å². The minimum Gasteiger partial charge on any atom is -0.493 e. The molecule has 7 heteroatoms. The van der Waals surface area contributed by atoms with E-state index in [1.807, 2.05) is 13.0 Å². The number of thiazole rings is 1. The van der Waals surface area contributed by atoms with Gasteiger partial charge in [-0.15, -0.1) is 11.3 Å². The molecule has 0 aliphatic rings. The zero-order chi connectivity index (χ0) is 16.7. The van der Waals surface area contributed by atoms with Crippen molar-refractivity contribution in [1.29, 1.82) is 0 Å². The molecule has 1 aromatic carbocycles. The number of ether oxygens (including phenoxy) is 1. The monoisotopic (exact) mass is 333 g/mol. The molecule has 0 spiro atoms. The van der Waals surface area contributed by atoms with Crippen molar-refractivity contribution in [3.8, 4) is 5.75 Å². The Hall–Kier alpha value is -2.28. The maximum atomic E-state index is 5.74. The molecule has 0 fully saturated rings. The largest absolute Gasteiger partial charge is 0.493 e. The third kappa shape index (κ3) is 4.59. The molecule has 0 aliphatic heterocycles. The number of hydrogen-bond acceptors (Lipinski definition) is 7. The number of nitrogen functional groups attached to an aromatic ring is 1. The highest BCUT2D eigenvalue weighted by atomic mass is 32.1. The van der Waals surface area contributed by atoms with Gasteiger partial charge in [0, 0.05) is 35.8 Å². The Kier molecular flexibility index (Phi) is 6.22. The van der Waals surface area contributed by atoms with Crippen molar-refractivity contribution >= 4 is 34.2 Å². The van der Waals surface area contributed by atoms with Crippen LogP contribution in [0.2, 0.25) is 0 Å². The average Bonchev–Trinajstić information content (AvgIpc) is 2.96. The van der Waals surface area contributed by atoms with Crippen molar-refractivity contribution in [2.75, 3.05) is 35.8 Å². The van der Waals surface area contributed by atoms with Gasteiger partial charge in [0.1, 0.15) is 11.6 Å². The lowest BCUT2D eigenvalue weighted by atomic mass is 10.2. The second kappa shape index (κ2) is 8.38. The fourth-order valence-corrected chi connectivity index (χ4v) is 2.74. The molecular weight excluding hydrogens is 310 g/mol. The molecule has 6 nitrogen and oxygen atoms in total. The van der Waals surface area contributed by atoms with Crippen LogP contribution in [0.1, 0.15) is 26.3 Å². The summed E-state index contributed by atoms with van der Waals surface area (Å²) in [6.45, 7) is 8.79. The number of benzene rings is 1. The molecule has 0 radical (unpaired) electrons. The Bertz CT molecular complexity index is 652. The Morgan fingerprint density at radius 3 is 2.74 bits per heavy atom. The van der Waals surface area contributed by atoms with E-state index < -0.39 is 0 Å². The average molecular weight is 333 g/mol. The fourth-order valence-electron chi connectivity index (χ4n) is 2.19. The zero-order valence-electron chi connectivity index (χ0n) is 13.7. The lowest BCUT2D eigenvalue weighted by molar-refractivity contribution is 0.340. The molecule has 124 valence electrons. The first-order valence-corrected chi connectivity index (χ1v) is 8.57. The minimum absolute atomic E-state index is 0.492. The van der Waals surface area contributed by atoms with Crippen molar-refractivity contribution in [2.24, 2.45) is 5.10 Å². The summed E-state index contributed by atoms with van der Waals surface area (Å²) in [7, 11) is 0. The van der Waals surface area contributed by atoms with Crippen molar-refractivity contribution in [3.63, 3.8) is 0 Å². The topological polar surface area (TPSA) is 75.8 Å². The third-order valence-electron chi connectivity index (χ3n) is 3.31. The minimum atomic E-state index is 0.492. The normalized spacial score (nSPS) is 10.9. The number of hydrogen-bond donors (Lipinski definition) is 2. The van der Waals surface area contributed by atoms with Crippen LogP contribution < -0.4 is 20.8 Å². The Balaban J connectivity index is 2.16. The van der Waals surface area contributed by atoms with E-state index in [-0.39, 0.29) is 0 Å². The molecule has 2 aromatic rings. The van der Waals surface area contributed by atoms with Crippen molar-refractivity contribution in [1.82, 2.24) is 4.98 Å².